The molecular weight excluding hydrogens is 1570 g/mol. The van der Waals surface area contributed by atoms with Gasteiger partial charge in [-0.05, 0) is 278 Å². The lowest BCUT2D eigenvalue weighted by atomic mass is 9.97. The fourth-order valence-corrected chi connectivity index (χ4v) is 16.7. The molecule has 0 unspecified atom stereocenters. The molecule has 0 fully saturated rings. The summed E-state index contributed by atoms with van der Waals surface area (Å²) in [6.45, 7) is 17.4. The van der Waals surface area contributed by atoms with Gasteiger partial charge in [0.15, 0.2) is 0 Å². The molecular formula is C124H124F4. The molecule has 0 N–H and O–H groups in total. The van der Waals surface area contributed by atoms with E-state index in [9.17, 15) is 17.6 Å². The maximum atomic E-state index is 15.0. The minimum Gasteiger partial charge on any atom is -0.206 e. The van der Waals surface area contributed by atoms with Crippen molar-refractivity contribution >= 4 is 0 Å². The van der Waals surface area contributed by atoms with Gasteiger partial charge in [-0.15, -0.1) is 0 Å². The molecule has 0 aliphatic rings. The van der Waals surface area contributed by atoms with Crippen LogP contribution in [0.1, 0.15) is 170 Å². The average Bonchev–Trinajstić information content (AvgIpc) is 0.824. The van der Waals surface area contributed by atoms with E-state index in [2.05, 4.69) is 298 Å². The monoisotopic (exact) mass is 1690 g/mol. The van der Waals surface area contributed by atoms with Crippen molar-refractivity contribution in [2.75, 3.05) is 0 Å². The first-order valence-corrected chi connectivity index (χ1v) is 46.8. The molecule has 0 aromatic heterocycles. The highest BCUT2D eigenvalue weighted by atomic mass is 19.1. The molecule has 0 atom stereocenters. The van der Waals surface area contributed by atoms with Crippen molar-refractivity contribution in [3.63, 3.8) is 0 Å². The summed E-state index contributed by atoms with van der Waals surface area (Å²) in [5.41, 5.74) is 35.4. The number of halogens is 4. The molecule has 16 rings (SSSR count). The number of rotatable bonds is 32. The van der Waals surface area contributed by atoms with E-state index in [-0.39, 0.29) is 23.3 Å². The van der Waals surface area contributed by atoms with Gasteiger partial charge in [0.2, 0.25) is 0 Å². The Balaban J connectivity index is 0.000000146. The Morgan fingerprint density at radius 3 is 0.438 bits per heavy atom. The summed E-state index contributed by atoms with van der Waals surface area (Å²) in [6.07, 6.45) is 21.4. The van der Waals surface area contributed by atoms with E-state index in [0.717, 1.165) is 182 Å². The maximum Gasteiger partial charge on any atom is 0.131 e. The molecule has 648 valence electrons. The van der Waals surface area contributed by atoms with Gasteiger partial charge in [0, 0.05) is 22.3 Å². The van der Waals surface area contributed by atoms with Crippen molar-refractivity contribution in [1.82, 2.24) is 0 Å². The highest BCUT2D eigenvalue weighted by Gasteiger charge is 2.15. The van der Waals surface area contributed by atoms with Gasteiger partial charge in [-0.3, -0.25) is 0 Å². The molecule has 4 heteroatoms. The number of hydrogen-bond acceptors (Lipinski definition) is 0. The quantitative estimate of drug-likeness (QED) is 0.0369. The topological polar surface area (TPSA) is 0 Å². The van der Waals surface area contributed by atoms with E-state index < -0.39 is 0 Å². The van der Waals surface area contributed by atoms with Gasteiger partial charge in [-0.2, -0.15) is 0 Å². The molecule has 0 nitrogen and oxygen atoms in total. The van der Waals surface area contributed by atoms with Crippen LogP contribution >= 0.6 is 0 Å². The van der Waals surface area contributed by atoms with E-state index in [1.165, 1.54) is 102 Å². The van der Waals surface area contributed by atoms with Gasteiger partial charge in [0.05, 0.1) is 0 Å². The van der Waals surface area contributed by atoms with Crippen LogP contribution in [0.2, 0.25) is 0 Å². The molecule has 0 radical (unpaired) electrons. The summed E-state index contributed by atoms with van der Waals surface area (Å²) in [7, 11) is 0. The number of hydrogen-bond donors (Lipinski definition) is 0. The highest BCUT2D eigenvalue weighted by Crippen LogP contribution is 2.35. The molecule has 128 heavy (non-hydrogen) atoms. The smallest absolute Gasteiger partial charge is 0.131 e. The largest absolute Gasteiger partial charge is 0.206 e. The second-order valence-electron chi connectivity index (χ2n) is 34.2. The summed E-state index contributed by atoms with van der Waals surface area (Å²) in [5, 5.41) is 0. The standard InChI is InChI=1S/C32H33F.2C31H31F.C30H29F/c1-3-5-24-7-9-26(10-8-24)11-12-27-15-19-29(20-16-27)31-22-21-30(23-32(31)33)28-17-13-25(6-4-2)14-18-28;1-3-5-24-6-8-25(9-7-24)10-11-26-14-18-28(19-15-26)30-21-20-29(22-31(30)32)27-16-12-23(4-2)13-17-27;1-3-5-24-12-16-27(17-13-24)29-20-21-30(31(32)22-29)28-18-14-26(15-19-28)11-10-25-8-6-23(4-2)7-9-25;1-3-4-23-11-15-26(16-12-23)28-19-20-29(30(31)21-28)27-17-13-25(14-18-27)10-9-24-7-5-22(2)6-8-24/h7-10,13-23H,3-6,11-12H2,1-2H3;2*6-9,12-22H,3-5,10-11H2,1-2H3;5-8,11-21H,3-4,9-10H2,1-2H3. The molecule has 0 saturated carbocycles. The third-order valence-electron chi connectivity index (χ3n) is 24.6. The second kappa shape index (κ2) is 47.7. The normalized spacial score (nSPS) is 11.0. The maximum absolute atomic E-state index is 15.0. The second-order valence-corrected chi connectivity index (χ2v) is 34.2. The van der Waals surface area contributed by atoms with Crippen LogP contribution in [0.3, 0.4) is 0 Å². The van der Waals surface area contributed by atoms with E-state index in [4.69, 9.17) is 0 Å². The first-order valence-electron chi connectivity index (χ1n) is 46.8. The van der Waals surface area contributed by atoms with E-state index >= 15 is 0 Å². The lowest BCUT2D eigenvalue weighted by Crippen LogP contribution is -1.93. The van der Waals surface area contributed by atoms with E-state index in [1.54, 1.807) is 24.3 Å². The predicted octanol–water partition coefficient (Wildman–Crippen LogP) is 34.0. The van der Waals surface area contributed by atoms with Crippen molar-refractivity contribution in [3.8, 4) is 89.0 Å². The van der Waals surface area contributed by atoms with Gasteiger partial charge in [0.25, 0.3) is 0 Å². The molecule has 0 spiro atoms. The zero-order valence-electron chi connectivity index (χ0n) is 76.3. The van der Waals surface area contributed by atoms with Crippen LogP contribution in [0.25, 0.3) is 89.0 Å². The Morgan fingerprint density at radius 1 is 0.141 bits per heavy atom. The lowest BCUT2D eigenvalue weighted by Gasteiger charge is -2.09. The molecule has 0 aliphatic carbocycles. The first-order chi connectivity index (χ1) is 62.6. The molecule has 0 bridgehead atoms. The zero-order valence-corrected chi connectivity index (χ0v) is 76.3. The van der Waals surface area contributed by atoms with Gasteiger partial charge >= 0.3 is 0 Å². The summed E-state index contributed by atoms with van der Waals surface area (Å²) in [6, 6.07) is 125. The minimum atomic E-state index is -0.179. The number of aryl methyl sites for hydroxylation is 16. The fourth-order valence-electron chi connectivity index (χ4n) is 16.7. The Hall–Kier alpha value is -12.8. The van der Waals surface area contributed by atoms with Crippen molar-refractivity contribution in [1.29, 1.82) is 0 Å². The van der Waals surface area contributed by atoms with Crippen molar-refractivity contribution < 1.29 is 17.6 Å². The first kappa shape index (κ1) is 92.9. The Kier molecular flexibility index (Phi) is 34.6. The van der Waals surface area contributed by atoms with Crippen LogP contribution < -0.4 is 0 Å². The molecule has 16 aromatic carbocycles. The third kappa shape index (κ3) is 26.9. The molecule has 0 amide bonds. The Bertz CT molecular complexity index is 6070. The summed E-state index contributed by atoms with van der Waals surface area (Å²) >= 11 is 0. The SMILES string of the molecule is CCCc1ccc(-c2ccc(-c3ccc(CCc4ccc(C)cc4)cc3)c(F)c2)cc1.CCCc1ccc(-c2ccc(-c3ccc(CCc4ccc(CC)cc4)cc3)c(F)c2)cc1.CCCc1ccc(CCc2ccc(-c3ccc(-c4ccc(CC)cc4)cc3F)cc2)cc1.CCCc1ccc(CCc2ccc(-c3ccc(-c4ccc(CCC)cc4)cc3F)cc2)cc1. The van der Waals surface area contributed by atoms with E-state index in [0.29, 0.717) is 22.3 Å². The Labute approximate surface area is 761 Å². The summed E-state index contributed by atoms with van der Waals surface area (Å²) < 4.78 is 59.8. The van der Waals surface area contributed by atoms with Gasteiger partial charge in [-0.25, -0.2) is 17.6 Å². The van der Waals surface area contributed by atoms with Crippen molar-refractivity contribution in [2.45, 2.75) is 184 Å². The summed E-state index contributed by atoms with van der Waals surface area (Å²) in [4.78, 5) is 0. The molecule has 0 aliphatic heterocycles. The Morgan fingerprint density at radius 2 is 0.273 bits per heavy atom. The van der Waals surface area contributed by atoms with Crippen LogP contribution in [0, 0.1) is 30.2 Å². The highest BCUT2D eigenvalue weighted by molar-refractivity contribution is 5.76. The van der Waals surface area contributed by atoms with Crippen LogP contribution in [-0.4, -0.2) is 0 Å². The van der Waals surface area contributed by atoms with Gasteiger partial charge in [-0.1, -0.05) is 426 Å². The fraction of sp³-hybridized carbons (Fsp3) is 0.226. The van der Waals surface area contributed by atoms with Crippen LogP contribution in [0.5, 0.6) is 0 Å². The summed E-state index contributed by atoms with van der Waals surface area (Å²) in [5.74, 6) is -0.710. The van der Waals surface area contributed by atoms with Crippen LogP contribution in [-0.2, 0) is 96.3 Å². The number of benzene rings is 16. The zero-order chi connectivity index (χ0) is 89.4. The van der Waals surface area contributed by atoms with Gasteiger partial charge in [0.1, 0.15) is 23.3 Å². The van der Waals surface area contributed by atoms with Gasteiger partial charge < -0.3 is 0 Å². The molecule has 0 saturated heterocycles. The van der Waals surface area contributed by atoms with Crippen LogP contribution in [0.15, 0.2) is 364 Å². The predicted molar refractivity (Wildman–Crippen MR) is 538 cm³/mol. The third-order valence-corrected chi connectivity index (χ3v) is 24.6. The molecule has 0 heterocycles. The average molecular weight is 1690 g/mol. The van der Waals surface area contributed by atoms with Crippen molar-refractivity contribution in [2.24, 2.45) is 0 Å². The van der Waals surface area contributed by atoms with Crippen LogP contribution in [0.4, 0.5) is 17.6 Å². The van der Waals surface area contributed by atoms with Crippen molar-refractivity contribution in [3.05, 3.63) is 476 Å². The van der Waals surface area contributed by atoms with E-state index in [1.807, 2.05) is 97.1 Å². The minimum absolute atomic E-state index is 0.176. The lowest BCUT2D eigenvalue weighted by molar-refractivity contribution is 0.631. The molecule has 16 aromatic rings.